The zero-order chi connectivity index (χ0) is 12.4. The van der Waals surface area contributed by atoms with Crippen LogP contribution in [-0.4, -0.2) is 28.0 Å². The van der Waals surface area contributed by atoms with Gasteiger partial charge in [0, 0.05) is 6.20 Å². The van der Waals surface area contributed by atoms with E-state index >= 15 is 0 Å². The van der Waals surface area contributed by atoms with Gasteiger partial charge in [0.05, 0.1) is 18.9 Å². The van der Waals surface area contributed by atoms with Gasteiger partial charge < -0.3 is 9.84 Å². The number of aryl methyl sites for hydroxylation is 1. The normalized spacial score (nSPS) is 10.2. The van der Waals surface area contributed by atoms with Crippen molar-refractivity contribution in [1.82, 2.24) is 9.78 Å². The number of hydrogen-bond donors (Lipinski definition) is 1. The molecule has 1 N–H and O–H groups in total. The van der Waals surface area contributed by atoms with Gasteiger partial charge >= 0.3 is 5.97 Å². The topological polar surface area (TPSA) is 64.3 Å². The average molecular weight is 232 g/mol. The minimum atomic E-state index is -0.997. The summed E-state index contributed by atoms with van der Waals surface area (Å²) in [5.74, 6) is -0.349. The van der Waals surface area contributed by atoms with Gasteiger partial charge in [0.25, 0.3) is 0 Å². The monoisotopic (exact) mass is 232 g/mol. The minimum Gasteiger partial charge on any atom is -0.494 e. The van der Waals surface area contributed by atoms with Crippen LogP contribution in [0.2, 0.25) is 0 Å². The van der Waals surface area contributed by atoms with E-state index in [2.05, 4.69) is 5.10 Å². The summed E-state index contributed by atoms with van der Waals surface area (Å²) in [5.41, 5.74) is 1.92. The van der Waals surface area contributed by atoms with Crippen molar-refractivity contribution in [2.24, 2.45) is 0 Å². The molecule has 0 spiro atoms. The van der Waals surface area contributed by atoms with E-state index in [1.54, 1.807) is 7.11 Å². The molecule has 0 bridgehead atoms. The lowest BCUT2D eigenvalue weighted by Gasteiger charge is -2.08. The molecule has 0 aliphatic heterocycles. The van der Waals surface area contributed by atoms with Gasteiger partial charge in [-0.15, -0.1) is 0 Å². The van der Waals surface area contributed by atoms with Crippen LogP contribution in [0.5, 0.6) is 5.75 Å². The van der Waals surface area contributed by atoms with Crippen LogP contribution in [0.1, 0.15) is 15.9 Å². The van der Waals surface area contributed by atoms with Gasteiger partial charge in [-0.3, -0.25) is 0 Å². The predicted molar refractivity (Wildman–Crippen MR) is 61.8 cm³/mol. The van der Waals surface area contributed by atoms with Crippen LogP contribution in [0, 0.1) is 6.92 Å². The highest BCUT2D eigenvalue weighted by molar-refractivity contribution is 5.87. The quantitative estimate of drug-likeness (QED) is 0.877. The van der Waals surface area contributed by atoms with E-state index in [1.807, 2.05) is 25.1 Å². The summed E-state index contributed by atoms with van der Waals surface area (Å²) in [6, 6.07) is 5.63. The first-order valence-electron chi connectivity index (χ1n) is 5.05. The molecule has 0 unspecified atom stereocenters. The third-order valence-electron chi connectivity index (χ3n) is 2.41. The first-order valence-corrected chi connectivity index (χ1v) is 5.05. The SMILES string of the molecule is COc1ccc(C)cc1-n1cc(C(=O)O)cn1. The van der Waals surface area contributed by atoms with E-state index < -0.39 is 5.97 Å². The summed E-state index contributed by atoms with van der Waals surface area (Å²) in [6.45, 7) is 1.95. The number of rotatable bonds is 3. The summed E-state index contributed by atoms with van der Waals surface area (Å²) in [6.07, 6.45) is 2.77. The fourth-order valence-corrected chi connectivity index (χ4v) is 1.54. The lowest BCUT2D eigenvalue weighted by atomic mass is 10.2. The maximum Gasteiger partial charge on any atom is 0.338 e. The van der Waals surface area contributed by atoms with Crippen LogP contribution < -0.4 is 4.74 Å². The molecule has 0 amide bonds. The first kappa shape index (κ1) is 11.2. The first-order chi connectivity index (χ1) is 8.11. The second-order valence-electron chi connectivity index (χ2n) is 3.65. The number of methoxy groups -OCH3 is 1. The lowest BCUT2D eigenvalue weighted by molar-refractivity contribution is 0.0697. The molecule has 0 radical (unpaired) electrons. The second-order valence-corrected chi connectivity index (χ2v) is 3.65. The fourth-order valence-electron chi connectivity index (χ4n) is 1.54. The van der Waals surface area contributed by atoms with Crippen LogP contribution in [-0.2, 0) is 0 Å². The Bertz CT molecular complexity index is 561. The summed E-state index contributed by atoms with van der Waals surface area (Å²) < 4.78 is 6.71. The molecule has 17 heavy (non-hydrogen) atoms. The average Bonchev–Trinajstić information content (AvgIpc) is 2.78. The van der Waals surface area contributed by atoms with Crippen molar-refractivity contribution >= 4 is 5.97 Å². The minimum absolute atomic E-state index is 0.147. The van der Waals surface area contributed by atoms with Crippen LogP contribution in [0.4, 0.5) is 0 Å². The number of carbonyl (C=O) groups is 1. The Hall–Kier alpha value is -2.30. The van der Waals surface area contributed by atoms with Crippen molar-refractivity contribution < 1.29 is 14.6 Å². The molecule has 88 valence electrons. The second kappa shape index (κ2) is 4.29. The number of carboxylic acid groups (broad SMARTS) is 1. The molecule has 2 rings (SSSR count). The van der Waals surface area contributed by atoms with Crippen molar-refractivity contribution in [1.29, 1.82) is 0 Å². The zero-order valence-corrected chi connectivity index (χ0v) is 9.54. The molecule has 1 aromatic carbocycles. The maximum atomic E-state index is 10.8. The Labute approximate surface area is 98.3 Å². The van der Waals surface area contributed by atoms with E-state index in [1.165, 1.54) is 17.1 Å². The summed E-state index contributed by atoms with van der Waals surface area (Å²) >= 11 is 0. The van der Waals surface area contributed by atoms with Crippen molar-refractivity contribution in [2.75, 3.05) is 7.11 Å². The van der Waals surface area contributed by atoms with Gasteiger partial charge in [-0.2, -0.15) is 5.10 Å². The van der Waals surface area contributed by atoms with Crippen LogP contribution in [0.3, 0.4) is 0 Å². The number of aromatic nitrogens is 2. The van der Waals surface area contributed by atoms with Gasteiger partial charge in [0.2, 0.25) is 0 Å². The highest BCUT2D eigenvalue weighted by atomic mass is 16.5. The van der Waals surface area contributed by atoms with Crippen molar-refractivity contribution in [3.63, 3.8) is 0 Å². The fraction of sp³-hybridized carbons (Fsp3) is 0.167. The molecule has 0 atom stereocenters. The maximum absolute atomic E-state index is 10.8. The Morgan fingerprint density at radius 3 is 2.82 bits per heavy atom. The molecule has 5 heteroatoms. The van der Waals surface area contributed by atoms with Gasteiger partial charge in [-0.05, 0) is 24.6 Å². The number of carboxylic acids is 1. The molecule has 0 aliphatic rings. The van der Waals surface area contributed by atoms with Crippen molar-refractivity contribution in [2.45, 2.75) is 6.92 Å². The Morgan fingerprint density at radius 2 is 2.24 bits per heavy atom. The molecule has 0 fully saturated rings. The number of hydrogen-bond acceptors (Lipinski definition) is 3. The lowest BCUT2D eigenvalue weighted by Crippen LogP contribution is -1.99. The van der Waals surface area contributed by atoms with Gasteiger partial charge in [-0.1, -0.05) is 6.07 Å². The number of aromatic carboxylic acids is 1. The summed E-state index contributed by atoms with van der Waals surface area (Å²) in [4.78, 5) is 10.8. The molecular weight excluding hydrogens is 220 g/mol. The van der Waals surface area contributed by atoms with Gasteiger partial charge in [0.15, 0.2) is 0 Å². The highest BCUT2D eigenvalue weighted by Crippen LogP contribution is 2.23. The predicted octanol–water partition coefficient (Wildman–Crippen LogP) is 1.89. The molecule has 0 aliphatic carbocycles. The summed E-state index contributed by atoms with van der Waals surface area (Å²) in [5, 5.41) is 12.9. The van der Waals surface area contributed by atoms with E-state index in [4.69, 9.17) is 9.84 Å². The highest BCUT2D eigenvalue weighted by Gasteiger charge is 2.10. The number of benzene rings is 1. The largest absolute Gasteiger partial charge is 0.494 e. The Balaban J connectivity index is 2.51. The molecule has 0 saturated heterocycles. The zero-order valence-electron chi connectivity index (χ0n) is 9.54. The van der Waals surface area contributed by atoms with E-state index in [9.17, 15) is 4.79 Å². The van der Waals surface area contributed by atoms with Crippen LogP contribution in [0.25, 0.3) is 5.69 Å². The molecule has 2 aromatic rings. The molecule has 1 heterocycles. The number of ether oxygens (including phenoxy) is 1. The smallest absolute Gasteiger partial charge is 0.338 e. The van der Waals surface area contributed by atoms with Gasteiger partial charge in [-0.25, -0.2) is 9.48 Å². The van der Waals surface area contributed by atoms with E-state index in [0.717, 1.165) is 11.3 Å². The standard InChI is InChI=1S/C12H12N2O3/c1-8-3-4-11(17-2)10(5-8)14-7-9(6-13-14)12(15)16/h3-7H,1-2H3,(H,15,16). The van der Waals surface area contributed by atoms with E-state index in [0.29, 0.717) is 5.75 Å². The van der Waals surface area contributed by atoms with E-state index in [-0.39, 0.29) is 5.56 Å². The van der Waals surface area contributed by atoms with Crippen LogP contribution >= 0.6 is 0 Å². The Kier molecular flexibility index (Phi) is 2.82. The molecular formula is C12H12N2O3. The number of nitrogens with zero attached hydrogens (tertiary/aromatic N) is 2. The summed E-state index contributed by atoms with van der Waals surface area (Å²) in [7, 11) is 1.57. The van der Waals surface area contributed by atoms with Gasteiger partial charge in [0.1, 0.15) is 11.4 Å². The molecule has 1 aromatic heterocycles. The third-order valence-corrected chi connectivity index (χ3v) is 2.41. The van der Waals surface area contributed by atoms with Crippen LogP contribution in [0.15, 0.2) is 30.6 Å². The van der Waals surface area contributed by atoms with Crippen molar-refractivity contribution in [3.05, 3.63) is 41.7 Å². The molecule has 0 saturated carbocycles. The van der Waals surface area contributed by atoms with Crippen molar-refractivity contribution in [3.8, 4) is 11.4 Å². The Morgan fingerprint density at radius 1 is 1.47 bits per heavy atom. The molecule has 5 nitrogen and oxygen atoms in total. The third kappa shape index (κ3) is 2.13.